The van der Waals surface area contributed by atoms with Gasteiger partial charge in [-0.2, -0.15) is 0 Å². The highest BCUT2D eigenvalue weighted by Crippen LogP contribution is 2.24. The topological polar surface area (TPSA) is 66.4 Å². The number of benzene rings is 1. The summed E-state index contributed by atoms with van der Waals surface area (Å²) in [6, 6.07) is 8.39. The number of amides is 2. The minimum atomic E-state index is -0.209. The molecule has 2 amide bonds. The molecule has 0 saturated heterocycles. The molecule has 1 aromatic carbocycles. The number of nitrogens with zero attached hydrogens (tertiary/aromatic N) is 2. The van der Waals surface area contributed by atoms with Gasteiger partial charge in [0.1, 0.15) is 0 Å². The van der Waals surface area contributed by atoms with E-state index in [9.17, 15) is 9.59 Å². The molecule has 3 rings (SSSR count). The Morgan fingerprint density at radius 3 is 2.52 bits per heavy atom. The van der Waals surface area contributed by atoms with Gasteiger partial charge in [0.2, 0.25) is 11.8 Å². The predicted molar refractivity (Wildman–Crippen MR) is 107 cm³/mol. The normalized spacial score (nSPS) is 16.7. The third kappa shape index (κ3) is 4.39. The van der Waals surface area contributed by atoms with Crippen LogP contribution in [0.4, 0.5) is 5.69 Å². The number of carbonyl (C=O) groups excluding carboxylic acids is 2. The molecule has 0 bridgehead atoms. The minimum Gasteiger partial charge on any atom is -0.349 e. The van der Waals surface area contributed by atoms with Crippen LogP contribution >= 0.6 is 0 Å². The highest BCUT2D eigenvalue weighted by molar-refractivity contribution is 5.96. The van der Waals surface area contributed by atoms with E-state index in [4.69, 9.17) is 0 Å². The van der Waals surface area contributed by atoms with Crippen molar-refractivity contribution in [2.24, 2.45) is 0 Å². The highest BCUT2D eigenvalue weighted by atomic mass is 16.2. The third-order valence-electron chi connectivity index (χ3n) is 5.20. The zero-order valence-corrected chi connectivity index (χ0v) is 16.5. The number of fused-ring (bicyclic) bond motifs is 1. The molecular formula is C21H28N4O2. The van der Waals surface area contributed by atoms with Gasteiger partial charge in [0, 0.05) is 36.7 Å². The van der Waals surface area contributed by atoms with Gasteiger partial charge in [-0.25, -0.2) is 0 Å². The zero-order chi connectivity index (χ0) is 19.6. The largest absolute Gasteiger partial charge is 0.349 e. The minimum absolute atomic E-state index is 0.0236. The number of aromatic nitrogens is 1. The van der Waals surface area contributed by atoms with E-state index in [0.29, 0.717) is 6.54 Å². The lowest BCUT2D eigenvalue weighted by molar-refractivity contribution is -0.125. The van der Waals surface area contributed by atoms with E-state index in [0.717, 1.165) is 35.5 Å². The van der Waals surface area contributed by atoms with Crippen molar-refractivity contribution in [1.82, 2.24) is 14.8 Å². The average Bonchev–Trinajstić information content (AvgIpc) is 3.08. The molecule has 0 saturated carbocycles. The van der Waals surface area contributed by atoms with Crippen molar-refractivity contribution in [2.45, 2.75) is 40.3 Å². The first kappa shape index (κ1) is 19.2. The maximum absolute atomic E-state index is 12.3. The molecule has 2 N–H and O–H groups in total. The summed E-state index contributed by atoms with van der Waals surface area (Å²) in [7, 11) is 0. The molecule has 6 heteroatoms. The number of anilines is 1. The quantitative estimate of drug-likeness (QED) is 0.852. The lowest BCUT2D eigenvalue weighted by Gasteiger charge is -2.34. The molecular weight excluding hydrogens is 340 g/mol. The van der Waals surface area contributed by atoms with Crippen molar-refractivity contribution in [3.63, 3.8) is 0 Å². The van der Waals surface area contributed by atoms with Crippen molar-refractivity contribution < 1.29 is 9.59 Å². The van der Waals surface area contributed by atoms with Gasteiger partial charge in [-0.3, -0.25) is 14.5 Å². The lowest BCUT2D eigenvalue weighted by Crippen LogP contribution is -2.44. The number of carbonyl (C=O) groups is 2. The second-order valence-electron chi connectivity index (χ2n) is 7.37. The van der Waals surface area contributed by atoms with Crippen LogP contribution in [0.5, 0.6) is 0 Å². The van der Waals surface area contributed by atoms with Crippen LogP contribution in [0, 0.1) is 20.8 Å². The molecule has 2 aromatic rings. The lowest BCUT2D eigenvalue weighted by atomic mass is 10.1. The molecule has 27 heavy (non-hydrogen) atoms. The van der Waals surface area contributed by atoms with Gasteiger partial charge in [-0.1, -0.05) is 17.7 Å². The number of aryl methyl sites for hydroxylation is 3. The Bertz CT molecular complexity index is 833. The van der Waals surface area contributed by atoms with E-state index in [1.807, 2.05) is 39.0 Å². The summed E-state index contributed by atoms with van der Waals surface area (Å²) in [5, 5.41) is 5.65. The average molecular weight is 368 g/mol. The summed E-state index contributed by atoms with van der Waals surface area (Å²) >= 11 is 0. The third-order valence-corrected chi connectivity index (χ3v) is 5.20. The van der Waals surface area contributed by atoms with Gasteiger partial charge in [0.15, 0.2) is 0 Å². The van der Waals surface area contributed by atoms with Crippen LogP contribution in [0.2, 0.25) is 0 Å². The van der Waals surface area contributed by atoms with E-state index >= 15 is 0 Å². The molecule has 1 atom stereocenters. The smallest absolute Gasteiger partial charge is 0.243 e. The Labute approximate surface area is 160 Å². The molecule has 2 heterocycles. The second kappa shape index (κ2) is 7.96. The van der Waals surface area contributed by atoms with Crippen LogP contribution < -0.4 is 10.6 Å². The molecule has 0 spiro atoms. The van der Waals surface area contributed by atoms with Gasteiger partial charge in [-0.15, -0.1) is 0 Å². The molecule has 0 radical (unpaired) electrons. The van der Waals surface area contributed by atoms with Crippen LogP contribution in [0.15, 0.2) is 30.5 Å². The van der Waals surface area contributed by atoms with Crippen molar-refractivity contribution in [3.8, 4) is 0 Å². The Morgan fingerprint density at radius 1 is 1.11 bits per heavy atom. The van der Waals surface area contributed by atoms with Crippen molar-refractivity contribution >= 4 is 17.5 Å². The summed E-state index contributed by atoms with van der Waals surface area (Å²) in [5.74, 6) is -0.340. The molecule has 1 aliphatic heterocycles. The molecule has 0 fully saturated rings. The SMILES string of the molecule is Cc1cc(C)c(NC(=O)CNC(=O)CN2CCn3cccc3[C@@H]2C)c(C)c1. The standard InChI is InChI=1S/C21H28N4O2/c1-14-10-15(2)21(16(3)11-14)23-19(26)12-22-20(27)13-25-9-8-24-7-5-6-18(24)17(25)4/h5-7,10-11,17H,8-9,12-13H2,1-4H3,(H,22,27)(H,23,26)/t17-/m0/s1. The van der Waals surface area contributed by atoms with E-state index in [1.54, 1.807) is 0 Å². The number of nitrogens with one attached hydrogen (secondary N) is 2. The summed E-state index contributed by atoms with van der Waals surface area (Å²) in [4.78, 5) is 26.7. The second-order valence-corrected chi connectivity index (χ2v) is 7.37. The van der Waals surface area contributed by atoms with Gasteiger partial charge < -0.3 is 15.2 Å². The summed E-state index contributed by atoms with van der Waals surface area (Å²) in [6.45, 7) is 10.1. The fraction of sp³-hybridized carbons (Fsp3) is 0.429. The van der Waals surface area contributed by atoms with Crippen LogP contribution in [-0.2, 0) is 16.1 Å². The Kier molecular flexibility index (Phi) is 5.65. The zero-order valence-electron chi connectivity index (χ0n) is 16.5. The fourth-order valence-corrected chi connectivity index (χ4v) is 3.82. The Balaban J connectivity index is 1.50. The molecule has 1 aliphatic rings. The fourth-order valence-electron chi connectivity index (χ4n) is 3.82. The Hall–Kier alpha value is -2.60. The monoisotopic (exact) mass is 368 g/mol. The van der Waals surface area contributed by atoms with Gasteiger partial charge in [0.25, 0.3) is 0 Å². The first-order chi connectivity index (χ1) is 12.8. The number of hydrogen-bond acceptors (Lipinski definition) is 3. The van der Waals surface area contributed by atoms with Gasteiger partial charge in [-0.05, 0) is 51.0 Å². The van der Waals surface area contributed by atoms with Crippen molar-refractivity contribution in [3.05, 3.63) is 52.8 Å². The first-order valence-corrected chi connectivity index (χ1v) is 9.38. The van der Waals surface area contributed by atoms with Crippen molar-refractivity contribution in [2.75, 3.05) is 25.0 Å². The van der Waals surface area contributed by atoms with Gasteiger partial charge in [0.05, 0.1) is 13.1 Å². The number of rotatable bonds is 5. The van der Waals surface area contributed by atoms with Gasteiger partial charge >= 0.3 is 0 Å². The molecule has 0 unspecified atom stereocenters. The van der Waals surface area contributed by atoms with Crippen LogP contribution in [-0.4, -0.2) is 40.9 Å². The Morgan fingerprint density at radius 2 is 1.81 bits per heavy atom. The van der Waals surface area contributed by atoms with Crippen LogP contribution in [0.25, 0.3) is 0 Å². The summed E-state index contributed by atoms with van der Waals surface area (Å²) in [6.07, 6.45) is 2.07. The molecule has 144 valence electrons. The van der Waals surface area contributed by atoms with E-state index < -0.39 is 0 Å². The van der Waals surface area contributed by atoms with Crippen molar-refractivity contribution in [1.29, 1.82) is 0 Å². The summed E-state index contributed by atoms with van der Waals surface area (Å²) < 4.78 is 2.22. The predicted octanol–water partition coefficient (Wildman–Crippen LogP) is 2.54. The van der Waals surface area contributed by atoms with Crippen LogP contribution in [0.3, 0.4) is 0 Å². The first-order valence-electron chi connectivity index (χ1n) is 9.38. The summed E-state index contributed by atoms with van der Waals surface area (Å²) in [5.41, 5.74) is 5.26. The maximum Gasteiger partial charge on any atom is 0.243 e. The van der Waals surface area contributed by atoms with E-state index in [-0.39, 0.29) is 24.4 Å². The maximum atomic E-state index is 12.3. The molecule has 6 nitrogen and oxygen atoms in total. The molecule has 1 aromatic heterocycles. The van der Waals surface area contributed by atoms with E-state index in [2.05, 4.69) is 39.3 Å². The van der Waals surface area contributed by atoms with Crippen LogP contribution in [0.1, 0.15) is 35.3 Å². The number of hydrogen-bond donors (Lipinski definition) is 2. The molecule has 0 aliphatic carbocycles. The van der Waals surface area contributed by atoms with E-state index in [1.165, 1.54) is 5.69 Å². The highest BCUT2D eigenvalue weighted by Gasteiger charge is 2.25.